The third-order valence-corrected chi connectivity index (χ3v) is 13.8. The smallest absolute Gasteiger partial charge is 0.172 e. The lowest BCUT2D eigenvalue weighted by Gasteiger charge is -2.10. The maximum atomic E-state index is 2.58. The Labute approximate surface area is 374 Å². The van der Waals surface area contributed by atoms with E-state index in [9.17, 15) is 0 Å². The van der Waals surface area contributed by atoms with Gasteiger partial charge in [0.15, 0.2) is 12.4 Å². The zero-order chi connectivity index (χ0) is 42.2. The van der Waals surface area contributed by atoms with Crippen LogP contribution in [0.4, 0.5) is 0 Å². The molecule has 0 spiro atoms. The Bertz CT molecular complexity index is 920. The first-order valence-corrected chi connectivity index (χ1v) is 28.3. The van der Waals surface area contributed by atoms with Crippen molar-refractivity contribution in [2.45, 2.75) is 342 Å². The van der Waals surface area contributed by atoms with Crippen molar-refractivity contribution in [3.8, 4) is 0 Å². The number of hydrogen-bond donors (Lipinski definition) is 0. The van der Waals surface area contributed by atoms with Crippen molar-refractivity contribution in [1.29, 1.82) is 0 Å². The van der Waals surface area contributed by atoms with Crippen LogP contribution in [0, 0.1) is 0 Å². The predicted octanol–water partition coefficient (Wildman–Crippen LogP) is 20.5. The van der Waals surface area contributed by atoms with Crippen LogP contribution in [-0.2, 0) is 19.4 Å². The third kappa shape index (κ3) is 41.0. The van der Waals surface area contributed by atoms with Crippen LogP contribution in [-0.4, -0.2) is 0 Å². The fourth-order valence-electron chi connectivity index (χ4n) is 9.62. The molecule has 0 aliphatic rings. The van der Waals surface area contributed by atoms with Crippen molar-refractivity contribution in [1.82, 2.24) is 0 Å². The largest absolute Gasteiger partial charge is 0.205 e. The normalized spacial score (nSPS) is 11.6. The minimum absolute atomic E-state index is 1.21. The van der Waals surface area contributed by atoms with Gasteiger partial charge in [-0.1, -0.05) is 297 Å². The number of hydrogen-bond acceptors (Lipinski definition) is 0. The lowest BCUT2D eigenvalue weighted by atomic mass is 9.97. The molecule has 1 heterocycles. The van der Waals surface area contributed by atoms with Crippen molar-refractivity contribution < 1.29 is 4.57 Å². The van der Waals surface area contributed by atoms with E-state index in [-0.39, 0.29) is 0 Å². The van der Waals surface area contributed by atoms with Gasteiger partial charge >= 0.3 is 0 Å². The van der Waals surface area contributed by atoms with Crippen molar-refractivity contribution in [2.75, 3.05) is 0 Å². The van der Waals surface area contributed by atoms with Crippen molar-refractivity contribution in [3.05, 3.63) is 29.6 Å². The van der Waals surface area contributed by atoms with Gasteiger partial charge in [0, 0.05) is 18.1 Å². The number of rotatable bonds is 50. The van der Waals surface area contributed by atoms with Gasteiger partial charge < -0.3 is 0 Å². The highest BCUT2D eigenvalue weighted by Gasteiger charge is 2.10. The molecule has 0 N–H and O–H groups in total. The number of unbranched alkanes of at least 4 members (excludes halogenated alkanes) is 44. The number of aryl methyl sites for hydroxylation is 3. The Balaban J connectivity index is 2.26. The highest BCUT2D eigenvalue weighted by molar-refractivity contribution is 5.21. The second kappa shape index (κ2) is 48.2. The molecule has 0 radical (unpaired) electrons. The van der Waals surface area contributed by atoms with Crippen LogP contribution in [0.5, 0.6) is 0 Å². The average molecular weight is 824 g/mol. The van der Waals surface area contributed by atoms with E-state index in [2.05, 4.69) is 43.8 Å². The van der Waals surface area contributed by atoms with Gasteiger partial charge in [-0.2, -0.15) is 0 Å². The van der Waals surface area contributed by atoms with Crippen molar-refractivity contribution in [2.24, 2.45) is 0 Å². The van der Waals surface area contributed by atoms with Gasteiger partial charge in [0.05, 0.1) is 0 Å². The monoisotopic (exact) mass is 823 g/mol. The quantitative estimate of drug-likeness (QED) is 0.0455. The Hall–Kier alpha value is -0.850. The molecule has 0 saturated carbocycles. The molecule has 0 bridgehead atoms. The Morgan fingerprint density at radius 1 is 0.254 bits per heavy atom. The topological polar surface area (TPSA) is 3.88 Å². The Morgan fingerprint density at radius 2 is 0.475 bits per heavy atom. The maximum Gasteiger partial charge on any atom is 0.172 e. The summed E-state index contributed by atoms with van der Waals surface area (Å²) in [5.74, 6) is 0. The van der Waals surface area contributed by atoms with E-state index in [1.165, 1.54) is 321 Å². The molecule has 1 nitrogen and oxygen atoms in total. The van der Waals surface area contributed by atoms with E-state index < -0.39 is 0 Å². The summed E-state index contributed by atoms with van der Waals surface area (Å²) in [5.41, 5.74) is 3.35. The Kier molecular flexibility index (Phi) is 45.9. The summed E-state index contributed by atoms with van der Waals surface area (Å²) in [6.45, 7) is 8.16. The molecule has 0 aliphatic heterocycles. The Morgan fingerprint density at radius 3 is 0.746 bits per heavy atom. The average Bonchev–Trinajstić information content (AvgIpc) is 3.25. The number of pyridine rings is 1. The number of nitrogens with zero attached hydrogens (tertiary/aromatic N) is 1. The molecule has 59 heavy (non-hydrogen) atoms. The van der Waals surface area contributed by atoms with Crippen LogP contribution in [0.15, 0.2) is 18.5 Å². The summed E-state index contributed by atoms with van der Waals surface area (Å²) in [7, 11) is 0. The van der Waals surface area contributed by atoms with Crippen LogP contribution in [0.3, 0.4) is 0 Å². The summed E-state index contributed by atoms with van der Waals surface area (Å²) in [6.07, 6.45) is 75.7. The van der Waals surface area contributed by atoms with E-state index in [0.717, 1.165) is 0 Å². The molecule has 348 valence electrons. The fraction of sp³-hybridized carbons (Fsp3) is 0.914. The minimum atomic E-state index is 1.21. The van der Waals surface area contributed by atoms with Gasteiger partial charge in [0.1, 0.15) is 6.54 Å². The van der Waals surface area contributed by atoms with E-state index in [1.54, 1.807) is 11.1 Å². The van der Waals surface area contributed by atoms with Gasteiger partial charge in [0.2, 0.25) is 0 Å². The SMILES string of the molecule is CCCCCCCCCCCCCCCCCCCc1cc[n+](CCCCCCCCCCCCCCC)cc1CCCCCCCCCCCCCCCCCCC. The van der Waals surface area contributed by atoms with Gasteiger partial charge in [-0.3, -0.25) is 0 Å². The van der Waals surface area contributed by atoms with Gasteiger partial charge in [0.25, 0.3) is 0 Å². The minimum Gasteiger partial charge on any atom is -0.205 e. The highest BCUT2D eigenvalue weighted by atomic mass is 14.9. The van der Waals surface area contributed by atoms with Gasteiger partial charge in [-0.25, -0.2) is 4.57 Å². The summed E-state index contributed by atoms with van der Waals surface area (Å²) >= 11 is 0. The van der Waals surface area contributed by atoms with E-state index >= 15 is 0 Å². The van der Waals surface area contributed by atoms with Crippen LogP contribution < -0.4 is 4.57 Å². The summed E-state index contributed by atoms with van der Waals surface area (Å²) in [6, 6.07) is 2.53. The van der Waals surface area contributed by atoms with Crippen LogP contribution >= 0.6 is 0 Å². The molecule has 0 unspecified atom stereocenters. The van der Waals surface area contributed by atoms with Crippen molar-refractivity contribution >= 4 is 0 Å². The predicted molar refractivity (Wildman–Crippen MR) is 268 cm³/mol. The van der Waals surface area contributed by atoms with Crippen LogP contribution in [0.25, 0.3) is 0 Å². The van der Waals surface area contributed by atoms with Gasteiger partial charge in [-0.15, -0.1) is 0 Å². The first kappa shape index (κ1) is 56.2. The molecule has 1 heteroatoms. The molecule has 0 amide bonds. The van der Waals surface area contributed by atoms with Gasteiger partial charge in [-0.05, 0) is 37.7 Å². The third-order valence-electron chi connectivity index (χ3n) is 13.8. The molecular weight excluding hydrogens is 711 g/mol. The molecular formula is C58H112N+. The van der Waals surface area contributed by atoms with Crippen LogP contribution in [0.2, 0.25) is 0 Å². The second-order valence-electron chi connectivity index (χ2n) is 19.8. The van der Waals surface area contributed by atoms with E-state index in [4.69, 9.17) is 0 Å². The molecule has 1 rings (SSSR count). The summed E-state index contributed by atoms with van der Waals surface area (Å²) in [5, 5.41) is 0. The second-order valence-corrected chi connectivity index (χ2v) is 19.8. The maximum absolute atomic E-state index is 2.58. The molecule has 0 atom stereocenters. The van der Waals surface area contributed by atoms with Crippen molar-refractivity contribution in [3.63, 3.8) is 0 Å². The fourth-order valence-corrected chi connectivity index (χ4v) is 9.62. The zero-order valence-corrected chi connectivity index (χ0v) is 41.5. The lowest BCUT2D eigenvalue weighted by Crippen LogP contribution is -2.34. The van der Waals surface area contributed by atoms with E-state index in [1.807, 2.05) is 0 Å². The van der Waals surface area contributed by atoms with E-state index in [0.29, 0.717) is 0 Å². The standard InChI is InChI=1S/C58H112N/c1-4-7-10-13-16-19-22-25-27-29-31-33-36-39-42-45-48-51-57-53-55-59(54-50-47-44-41-38-35-24-21-18-15-12-9-6-3)56-58(57)52-49-46-43-40-37-34-32-30-28-26-23-20-17-14-11-8-5-2/h53,55-56H,4-52,54H2,1-3H3/q+1. The first-order chi connectivity index (χ1) is 29.3. The molecule has 0 saturated heterocycles. The molecule has 0 fully saturated rings. The lowest BCUT2D eigenvalue weighted by molar-refractivity contribution is -0.697. The molecule has 1 aromatic rings. The first-order valence-electron chi connectivity index (χ1n) is 28.3. The number of aromatic nitrogens is 1. The summed E-state index contributed by atoms with van der Waals surface area (Å²) in [4.78, 5) is 0. The van der Waals surface area contributed by atoms with Crippen LogP contribution in [0.1, 0.15) is 334 Å². The summed E-state index contributed by atoms with van der Waals surface area (Å²) < 4.78 is 2.56. The zero-order valence-electron chi connectivity index (χ0n) is 41.5. The highest BCUT2D eigenvalue weighted by Crippen LogP contribution is 2.19. The molecule has 1 aromatic heterocycles. The molecule has 0 aliphatic carbocycles. The molecule has 0 aromatic carbocycles.